The van der Waals surface area contributed by atoms with E-state index in [0.29, 0.717) is 10.1 Å². The summed E-state index contributed by atoms with van der Waals surface area (Å²) in [4.78, 5) is 20.2. The smallest absolute Gasteiger partial charge is 0.264 e. The number of carbonyl (C=O) groups is 1. The Morgan fingerprint density at radius 1 is 1.10 bits per heavy atom. The van der Waals surface area contributed by atoms with Gasteiger partial charge in [0.25, 0.3) is 5.91 Å². The quantitative estimate of drug-likeness (QED) is 0.587. The van der Waals surface area contributed by atoms with Crippen molar-refractivity contribution in [2.75, 3.05) is 11.4 Å². The molecule has 0 atom stereocenters. The molecule has 2 aromatic carbocycles. The largest absolute Gasteiger partial charge is 0.363 e. The van der Waals surface area contributed by atoms with Gasteiger partial charge in [-0.25, -0.2) is 4.99 Å². The van der Waals surface area contributed by atoms with Gasteiger partial charge in [-0.2, -0.15) is 0 Å². The van der Waals surface area contributed by atoms with Crippen molar-refractivity contribution < 1.29 is 4.79 Å². The van der Waals surface area contributed by atoms with E-state index < -0.39 is 0 Å². The summed E-state index contributed by atoms with van der Waals surface area (Å²) in [5.41, 5.74) is 8.02. The lowest BCUT2D eigenvalue weighted by Crippen LogP contribution is -2.44. The number of hydrogen-bond donors (Lipinski definition) is 1. The van der Waals surface area contributed by atoms with Crippen molar-refractivity contribution in [3.05, 3.63) is 69.6 Å². The molecule has 0 aromatic heterocycles. The summed E-state index contributed by atoms with van der Waals surface area (Å²) in [6.07, 6.45) is 4.27. The average Bonchev–Trinajstić information content (AvgIpc) is 3.03. The van der Waals surface area contributed by atoms with E-state index >= 15 is 0 Å². The van der Waals surface area contributed by atoms with E-state index in [2.05, 4.69) is 87.1 Å². The Balaban J connectivity index is 1.62. The number of aryl methyl sites for hydroxylation is 2. The SMILES string of the molecule is CCN1c2ccc(/C=C3\SC(=Nc4ccc(C)c(C)c4)NC3=O)cc2C(C)=CC1(C)C. The zero-order valence-corrected chi connectivity index (χ0v) is 19.9. The molecule has 5 heteroatoms. The summed E-state index contributed by atoms with van der Waals surface area (Å²) in [7, 11) is 0. The summed E-state index contributed by atoms with van der Waals surface area (Å²) < 4.78 is 0. The van der Waals surface area contributed by atoms with E-state index in [9.17, 15) is 4.79 Å². The molecule has 2 aliphatic rings. The first-order valence-corrected chi connectivity index (χ1v) is 11.5. The van der Waals surface area contributed by atoms with Crippen LogP contribution in [0.1, 0.15) is 49.9 Å². The number of fused-ring (bicyclic) bond motifs is 1. The van der Waals surface area contributed by atoms with Crippen LogP contribution in [0.4, 0.5) is 11.4 Å². The van der Waals surface area contributed by atoms with Gasteiger partial charge in [0.2, 0.25) is 0 Å². The van der Waals surface area contributed by atoms with Gasteiger partial charge in [-0.05, 0) is 106 Å². The van der Waals surface area contributed by atoms with Crippen LogP contribution in [0.3, 0.4) is 0 Å². The second-order valence-corrected chi connectivity index (χ2v) is 9.78. The standard InChI is InChI=1S/C26H29N3OS/c1-7-29-22-11-9-19(13-21(22)18(4)15-26(29,5)6)14-23-24(30)28-25(31-23)27-20-10-8-16(2)17(3)12-20/h8-15H,7H2,1-6H3,(H,27,28,30)/b23-14-. The minimum Gasteiger partial charge on any atom is -0.363 e. The molecule has 2 aliphatic heterocycles. The molecule has 0 unspecified atom stereocenters. The zero-order chi connectivity index (χ0) is 22.3. The maximum absolute atomic E-state index is 12.5. The third-order valence-electron chi connectivity index (χ3n) is 5.99. The predicted octanol–water partition coefficient (Wildman–Crippen LogP) is 6.22. The van der Waals surface area contributed by atoms with Gasteiger partial charge in [0.15, 0.2) is 5.17 Å². The van der Waals surface area contributed by atoms with Crippen molar-refractivity contribution in [3.63, 3.8) is 0 Å². The number of hydrogen-bond acceptors (Lipinski definition) is 4. The van der Waals surface area contributed by atoms with Gasteiger partial charge in [0, 0.05) is 17.8 Å². The maximum atomic E-state index is 12.5. The number of rotatable bonds is 3. The molecular formula is C26H29N3OS. The van der Waals surface area contributed by atoms with Crippen LogP contribution in [0.5, 0.6) is 0 Å². The molecule has 2 aromatic rings. The molecule has 31 heavy (non-hydrogen) atoms. The molecule has 0 saturated carbocycles. The monoisotopic (exact) mass is 431 g/mol. The second-order valence-electron chi connectivity index (χ2n) is 8.75. The van der Waals surface area contributed by atoms with Crippen LogP contribution in [0, 0.1) is 13.8 Å². The summed E-state index contributed by atoms with van der Waals surface area (Å²) in [5.74, 6) is -0.103. The van der Waals surface area contributed by atoms with E-state index in [4.69, 9.17) is 0 Å². The highest BCUT2D eigenvalue weighted by Gasteiger charge is 2.30. The molecule has 1 fully saturated rings. The van der Waals surface area contributed by atoms with Crippen LogP contribution in [0.2, 0.25) is 0 Å². The Labute approximate surface area is 189 Å². The first-order valence-electron chi connectivity index (χ1n) is 10.7. The topological polar surface area (TPSA) is 44.7 Å². The number of carbonyl (C=O) groups excluding carboxylic acids is 1. The van der Waals surface area contributed by atoms with Crippen molar-refractivity contribution in [2.45, 2.75) is 47.1 Å². The molecule has 0 aliphatic carbocycles. The van der Waals surface area contributed by atoms with Crippen molar-refractivity contribution >= 4 is 45.9 Å². The minimum atomic E-state index is -0.103. The average molecular weight is 432 g/mol. The van der Waals surface area contributed by atoms with E-state index in [-0.39, 0.29) is 11.4 Å². The summed E-state index contributed by atoms with van der Waals surface area (Å²) in [6, 6.07) is 12.5. The summed E-state index contributed by atoms with van der Waals surface area (Å²) in [6.45, 7) is 13.9. The number of amides is 1. The highest BCUT2D eigenvalue weighted by molar-refractivity contribution is 8.18. The summed E-state index contributed by atoms with van der Waals surface area (Å²) >= 11 is 1.39. The van der Waals surface area contributed by atoms with Gasteiger partial charge >= 0.3 is 0 Å². The van der Waals surface area contributed by atoms with Gasteiger partial charge in [-0.15, -0.1) is 0 Å². The molecule has 4 nitrogen and oxygen atoms in total. The van der Waals surface area contributed by atoms with Gasteiger partial charge in [-0.1, -0.05) is 18.2 Å². The fraction of sp³-hybridized carbons (Fsp3) is 0.308. The number of likely N-dealkylation sites (N-methyl/N-ethyl adjacent to an activating group) is 1. The van der Waals surface area contributed by atoms with Gasteiger partial charge < -0.3 is 10.2 Å². The molecule has 0 bridgehead atoms. The van der Waals surface area contributed by atoms with Crippen molar-refractivity contribution in [1.82, 2.24) is 5.32 Å². The lowest BCUT2D eigenvalue weighted by molar-refractivity contribution is -0.115. The zero-order valence-electron chi connectivity index (χ0n) is 19.0. The molecule has 4 rings (SSSR count). The maximum Gasteiger partial charge on any atom is 0.264 e. The van der Waals surface area contributed by atoms with Crippen LogP contribution in [0.25, 0.3) is 11.6 Å². The lowest BCUT2D eigenvalue weighted by Gasteiger charge is -2.42. The molecule has 160 valence electrons. The van der Waals surface area contributed by atoms with E-state index in [1.807, 2.05) is 18.2 Å². The molecule has 1 amide bonds. The Bertz CT molecular complexity index is 1160. The predicted molar refractivity (Wildman–Crippen MR) is 134 cm³/mol. The van der Waals surface area contributed by atoms with Crippen LogP contribution in [-0.4, -0.2) is 23.2 Å². The Morgan fingerprint density at radius 2 is 1.87 bits per heavy atom. The molecule has 2 heterocycles. The minimum absolute atomic E-state index is 0.00724. The fourth-order valence-electron chi connectivity index (χ4n) is 4.31. The number of aliphatic imine (C=N–C) groups is 1. The van der Waals surface area contributed by atoms with Crippen LogP contribution >= 0.6 is 11.8 Å². The van der Waals surface area contributed by atoms with Gasteiger partial charge in [0.1, 0.15) is 0 Å². The third-order valence-corrected chi connectivity index (χ3v) is 6.90. The highest BCUT2D eigenvalue weighted by Crippen LogP contribution is 2.39. The number of benzene rings is 2. The van der Waals surface area contributed by atoms with E-state index in [1.54, 1.807) is 0 Å². The van der Waals surface area contributed by atoms with Crippen molar-refractivity contribution in [1.29, 1.82) is 0 Å². The number of anilines is 1. The third kappa shape index (κ3) is 4.19. The highest BCUT2D eigenvalue weighted by atomic mass is 32.2. The number of nitrogens with zero attached hydrogens (tertiary/aromatic N) is 2. The van der Waals surface area contributed by atoms with Crippen molar-refractivity contribution in [3.8, 4) is 0 Å². The van der Waals surface area contributed by atoms with Crippen LogP contribution < -0.4 is 10.2 Å². The molecule has 1 N–H and O–H groups in total. The second kappa shape index (κ2) is 8.04. The molecule has 0 spiro atoms. The number of thioether (sulfide) groups is 1. The first-order chi connectivity index (χ1) is 14.7. The number of amidine groups is 1. The Morgan fingerprint density at radius 3 is 2.58 bits per heavy atom. The molecular weight excluding hydrogens is 402 g/mol. The summed E-state index contributed by atoms with van der Waals surface area (Å²) in [5, 5.41) is 3.51. The lowest BCUT2D eigenvalue weighted by atomic mass is 9.88. The fourth-order valence-corrected chi connectivity index (χ4v) is 5.15. The number of allylic oxidation sites excluding steroid dienone is 1. The number of nitrogens with one attached hydrogen (secondary N) is 1. The Kier molecular flexibility index (Phi) is 5.56. The molecule has 0 radical (unpaired) electrons. The van der Waals surface area contributed by atoms with Gasteiger partial charge in [0.05, 0.1) is 16.1 Å². The van der Waals surface area contributed by atoms with Crippen LogP contribution in [-0.2, 0) is 4.79 Å². The first kappa shape index (κ1) is 21.4. The normalized spacial score (nSPS) is 20.1. The van der Waals surface area contributed by atoms with Crippen molar-refractivity contribution in [2.24, 2.45) is 4.99 Å². The molecule has 1 saturated heterocycles. The Hall–Kier alpha value is -2.79. The van der Waals surface area contributed by atoms with Crippen LogP contribution in [0.15, 0.2) is 52.4 Å². The van der Waals surface area contributed by atoms with E-state index in [1.165, 1.54) is 39.7 Å². The van der Waals surface area contributed by atoms with Gasteiger partial charge in [-0.3, -0.25) is 4.79 Å². The van der Waals surface area contributed by atoms with E-state index in [0.717, 1.165) is 17.8 Å².